The van der Waals surface area contributed by atoms with Crippen molar-refractivity contribution in [3.63, 3.8) is 0 Å². The summed E-state index contributed by atoms with van der Waals surface area (Å²) in [6, 6.07) is 9.28. The molecule has 2 aromatic carbocycles. The fourth-order valence-electron chi connectivity index (χ4n) is 2.11. The number of terminal acetylenes is 2. The average molecular weight is 433 g/mol. The maximum atomic E-state index is 11.9. The molecule has 2 aromatic rings. The van der Waals surface area contributed by atoms with E-state index in [1.807, 2.05) is 0 Å². The second-order valence-electron chi connectivity index (χ2n) is 5.46. The first-order valence-corrected chi connectivity index (χ1v) is 8.38. The monoisotopic (exact) mass is 432 g/mol. The zero-order chi connectivity index (χ0) is 20.2. The van der Waals surface area contributed by atoms with Crippen LogP contribution in [0.25, 0.3) is 0 Å². The molecule has 29 heavy (non-hydrogen) atoms. The maximum Gasteiger partial charge on any atom is 2.00 e. The molecule has 0 N–H and O–H groups in total. The molecular formula is C22H18N2NiO4. The third-order valence-electron chi connectivity index (χ3n) is 3.43. The van der Waals surface area contributed by atoms with Crippen LogP contribution in [-0.4, -0.2) is 38.7 Å². The Morgan fingerprint density at radius 2 is 1.21 bits per heavy atom. The van der Waals surface area contributed by atoms with E-state index in [4.69, 9.17) is 22.3 Å². The molecule has 0 heterocycles. The maximum absolute atomic E-state index is 11.9. The van der Waals surface area contributed by atoms with Gasteiger partial charge < -0.3 is 19.7 Å². The van der Waals surface area contributed by atoms with Gasteiger partial charge >= 0.3 is 16.5 Å². The van der Waals surface area contributed by atoms with Gasteiger partial charge in [-0.15, -0.1) is 12.8 Å². The van der Waals surface area contributed by atoms with Gasteiger partial charge in [0.2, 0.25) is 0 Å². The van der Waals surface area contributed by atoms with Crippen molar-refractivity contribution < 1.29 is 36.2 Å². The summed E-state index contributed by atoms with van der Waals surface area (Å²) >= 11 is 0. The molecular weight excluding hydrogens is 415 g/mol. The Hall–Kier alpha value is -3.41. The van der Waals surface area contributed by atoms with Gasteiger partial charge in [0.05, 0.1) is 13.1 Å². The van der Waals surface area contributed by atoms with Crippen molar-refractivity contribution in [1.82, 2.24) is 0 Å². The Labute approximate surface area is 180 Å². The molecule has 0 amide bonds. The van der Waals surface area contributed by atoms with E-state index in [0.29, 0.717) is 35.7 Å². The van der Waals surface area contributed by atoms with Crippen molar-refractivity contribution in [2.24, 2.45) is 9.98 Å². The quantitative estimate of drug-likeness (QED) is 0.259. The van der Waals surface area contributed by atoms with E-state index in [9.17, 15) is 10.2 Å². The van der Waals surface area contributed by atoms with Crippen LogP contribution in [0.3, 0.4) is 0 Å². The van der Waals surface area contributed by atoms with Crippen LogP contribution >= 0.6 is 0 Å². The molecule has 7 heteroatoms. The topological polar surface area (TPSA) is 89.3 Å². The average Bonchev–Trinajstić information content (AvgIpc) is 2.69. The van der Waals surface area contributed by atoms with Crippen LogP contribution in [0.1, 0.15) is 11.1 Å². The van der Waals surface area contributed by atoms with Crippen molar-refractivity contribution in [1.29, 1.82) is 0 Å². The van der Waals surface area contributed by atoms with Gasteiger partial charge in [-0.1, -0.05) is 35.5 Å². The van der Waals surface area contributed by atoms with Gasteiger partial charge in [-0.3, -0.25) is 9.98 Å². The normalized spacial score (nSPS) is 10.3. The number of hydrogen-bond donors (Lipinski definition) is 0. The number of rotatable bonds is 9. The zero-order valence-corrected chi connectivity index (χ0v) is 16.4. The van der Waals surface area contributed by atoms with E-state index in [1.54, 1.807) is 24.3 Å². The summed E-state index contributed by atoms with van der Waals surface area (Å²) in [6.45, 7) is 0.971. The molecule has 0 aromatic heterocycles. The van der Waals surface area contributed by atoms with Gasteiger partial charge in [0.15, 0.2) is 0 Å². The minimum atomic E-state index is -0.204. The molecule has 0 spiro atoms. The van der Waals surface area contributed by atoms with Crippen molar-refractivity contribution in [2.45, 2.75) is 0 Å². The fourth-order valence-corrected chi connectivity index (χ4v) is 2.11. The second-order valence-corrected chi connectivity index (χ2v) is 5.46. The Morgan fingerprint density at radius 3 is 1.55 bits per heavy atom. The van der Waals surface area contributed by atoms with Crippen LogP contribution in [0.2, 0.25) is 0 Å². The van der Waals surface area contributed by atoms with Gasteiger partial charge in [0.1, 0.15) is 24.7 Å². The van der Waals surface area contributed by atoms with Crippen LogP contribution in [-0.2, 0) is 16.5 Å². The molecule has 0 saturated carbocycles. The molecule has 0 aliphatic carbocycles. The molecule has 0 unspecified atom stereocenters. The van der Waals surface area contributed by atoms with Crippen LogP contribution in [0.15, 0.2) is 46.4 Å². The molecule has 0 aliphatic heterocycles. The molecule has 0 aliphatic rings. The van der Waals surface area contributed by atoms with Gasteiger partial charge in [-0.25, -0.2) is 0 Å². The predicted molar refractivity (Wildman–Crippen MR) is 105 cm³/mol. The number of nitrogens with zero attached hydrogens (tertiary/aromatic N) is 2. The summed E-state index contributed by atoms with van der Waals surface area (Å²) < 4.78 is 10.4. The summed E-state index contributed by atoms with van der Waals surface area (Å²) in [4.78, 5) is 8.33. The molecule has 0 fully saturated rings. The minimum absolute atomic E-state index is 0. The standard InChI is InChI=1S/C22H20N2O4.Ni/c1-3-11-27-19-7-5-17(21(25)13-19)15-23-9-10-24-16-18-6-8-20(14-22(18)26)28-12-4-2;/h1-2,5-8,13-16,25-26H,9-12H2;/q;+2/p-2. The van der Waals surface area contributed by atoms with Gasteiger partial charge in [0.25, 0.3) is 0 Å². The number of aliphatic imine (C=N–C) groups is 2. The molecule has 150 valence electrons. The third kappa shape index (κ3) is 8.01. The van der Waals surface area contributed by atoms with E-state index in [2.05, 4.69) is 21.8 Å². The second kappa shape index (κ2) is 12.9. The fraction of sp³-hybridized carbons (Fsp3) is 0.182. The van der Waals surface area contributed by atoms with Crippen LogP contribution in [0.4, 0.5) is 0 Å². The van der Waals surface area contributed by atoms with Crippen LogP contribution < -0.4 is 19.7 Å². The van der Waals surface area contributed by atoms with E-state index in [0.717, 1.165) is 0 Å². The number of ether oxygens (including phenoxy) is 2. The summed E-state index contributed by atoms with van der Waals surface area (Å²) in [5.41, 5.74) is 0.892. The van der Waals surface area contributed by atoms with Crippen molar-refractivity contribution >= 4 is 12.4 Å². The number of hydrogen-bond acceptors (Lipinski definition) is 6. The van der Waals surface area contributed by atoms with Crippen LogP contribution in [0, 0.1) is 24.7 Å². The first-order valence-electron chi connectivity index (χ1n) is 8.38. The van der Waals surface area contributed by atoms with Gasteiger partial charge in [0, 0.05) is 12.4 Å². The molecule has 0 atom stereocenters. The van der Waals surface area contributed by atoms with Crippen LogP contribution in [0.5, 0.6) is 23.0 Å². The van der Waals surface area contributed by atoms with E-state index >= 15 is 0 Å². The van der Waals surface area contributed by atoms with Crippen molar-refractivity contribution in [2.75, 3.05) is 26.3 Å². The summed E-state index contributed by atoms with van der Waals surface area (Å²) in [6.07, 6.45) is 13.2. The molecule has 0 bridgehead atoms. The van der Waals surface area contributed by atoms with Crippen molar-refractivity contribution in [3.05, 3.63) is 47.5 Å². The first-order chi connectivity index (χ1) is 13.6. The third-order valence-corrected chi connectivity index (χ3v) is 3.43. The molecule has 0 saturated heterocycles. The molecule has 2 rings (SSSR count). The Balaban J connectivity index is 0.00000420. The predicted octanol–water partition coefficient (Wildman–Crippen LogP) is 1.39. The van der Waals surface area contributed by atoms with E-state index in [1.165, 1.54) is 24.6 Å². The molecule has 0 radical (unpaired) electrons. The smallest absolute Gasteiger partial charge is 0.872 e. The van der Waals surface area contributed by atoms with E-state index in [-0.39, 0.29) is 41.2 Å². The zero-order valence-electron chi connectivity index (χ0n) is 15.4. The Kier molecular flexibility index (Phi) is 10.5. The Morgan fingerprint density at radius 1 is 0.793 bits per heavy atom. The summed E-state index contributed by atoms with van der Waals surface area (Å²) in [5, 5.41) is 23.9. The van der Waals surface area contributed by atoms with Gasteiger partial charge in [-0.2, -0.15) is 0 Å². The number of benzene rings is 2. The minimum Gasteiger partial charge on any atom is -0.872 e. The summed E-state index contributed by atoms with van der Waals surface area (Å²) in [7, 11) is 0. The van der Waals surface area contributed by atoms with Gasteiger partial charge in [-0.05, 0) is 35.4 Å². The Bertz CT molecular complexity index is 865. The SMILES string of the molecule is C#CCOc1ccc(C=NCCN=Cc2ccc(OCC#C)cc2[O-])c([O-])c1.[Ni+2]. The largest absolute Gasteiger partial charge is 2.00 e. The summed E-state index contributed by atoms with van der Waals surface area (Å²) in [5.74, 6) is 5.11. The molecule has 6 nitrogen and oxygen atoms in total. The van der Waals surface area contributed by atoms with E-state index < -0.39 is 0 Å². The first kappa shape index (κ1) is 23.6. The van der Waals surface area contributed by atoms with Crippen molar-refractivity contribution in [3.8, 4) is 47.7 Å².